The third-order valence-electron chi connectivity index (χ3n) is 4.86. The maximum atomic E-state index is 10.6. The number of hydrogen-bond donors (Lipinski definition) is 1. The number of fused-ring (bicyclic) bond motifs is 1. The van der Waals surface area contributed by atoms with Gasteiger partial charge in [0.15, 0.2) is 0 Å². The topological polar surface area (TPSA) is 29.5 Å². The third kappa shape index (κ3) is 2.34. The summed E-state index contributed by atoms with van der Waals surface area (Å²) in [6, 6.07) is 14.5. The van der Waals surface area contributed by atoms with E-state index >= 15 is 0 Å². The number of hydrogen-bond acceptors (Lipinski definition) is 2. The molecule has 1 heterocycles. The molecule has 1 aliphatic heterocycles. The number of aliphatic hydroxyl groups is 1. The zero-order valence-electron chi connectivity index (χ0n) is 12.1. The van der Waals surface area contributed by atoms with E-state index in [0.717, 1.165) is 35.8 Å². The van der Waals surface area contributed by atoms with Crippen LogP contribution in [0.3, 0.4) is 0 Å². The molecule has 1 aliphatic carbocycles. The van der Waals surface area contributed by atoms with Crippen molar-refractivity contribution in [3.8, 4) is 5.75 Å². The highest BCUT2D eigenvalue weighted by molar-refractivity contribution is 5.43. The first-order valence-electron chi connectivity index (χ1n) is 7.85. The molecule has 0 amide bonds. The van der Waals surface area contributed by atoms with E-state index in [1.54, 1.807) is 0 Å². The van der Waals surface area contributed by atoms with Crippen molar-refractivity contribution in [1.29, 1.82) is 0 Å². The monoisotopic (exact) mass is 280 g/mol. The Balaban J connectivity index is 1.57. The Bertz CT molecular complexity index is 641. The number of benzene rings is 2. The molecule has 0 bridgehead atoms. The van der Waals surface area contributed by atoms with Crippen LogP contribution in [0, 0.1) is 0 Å². The van der Waals surface area contributed by atoms with Gasteiger partial charge in [-0.2, -0.15) is 0 Å². The minimum Gasteiger partial charge on any atom is -0.493 e. The predicted octanol–water partition coefficient (Wildman–Crippen LogP) is 3.97. The van der Waals surface area contributed by atoms with E-state index in [4.69, 9.17) is 4.74 Å². The first-order chi connectivity index (χ1) is 10.3. The van der Waals surface area contributed by atoms with Gasteiger partial charge in [0.05, 0.1) is 6.61 Å². The molecule has 0 aromatic heterocycles. The van der Waals surface area contributed by atoms with Crippen LogP contribution in [0.4, 0.5) is 0 Å². The molecule has 1 fully saturated rings. The van der Waals surface area contributed by atoms with Crippen molar-refractivity contribution in [3.05, 3.63) is 64.7 Å². The Labute approximate surface area is 125 Å². The molecule has 21 heavy (non-hydrogen) atoms. The van der Waals surface area contributed by atoms with Crippen LogP contribution >= 0.6 is 0 Å². The molecule has 1 N–H and O–H groups in total. The highest BCUT2D eigenvalue weighted by Gasteiger charge is 2.20. The lowest BCUT2D eigenvalue weighted by atomic mass is 9.80. The van der Waals surface area contributed by atoms with Gasteiger partial charge in [-0.15, -0.1) is 0 Å². The average molecular weight is 280 g/mol. The van der Waals surface area contributed by atoms with Gasteiger partial charge < -0.3 is 9.84 Å². The van der Waals surface area contributed by atoms with Crippen molar-refractivity contribution in [1.82, 2.24) is 0 Å². The molecule has 0 saturated heterocycles. The van der Waals surface area contributed by atoms with Gasteiger partial charge in [0.2, 0.25) is 0 Å². The van der Waals surface area contributed by atoms with Crippen LogP contribution < -0.4 is 4.74 Å². The van der Waals surface area contributed by atoms with Crippen molar-refractivity contribution < 1.29 is 9.84 Å². The van der Waals surface area contributed by atoms with E-state index < -0.39 is 6.10 Å². The summed E-state index contributed by atoms with van der Waals surface area (Å²) in [5, 5.41) is 10.6. The fourth-order valence-electron chi connectivity index (χ4n) is 3.26. The zero-order valence-corrected chi connectivity index (χ0v) is 12.1. The van der Waals surface area contributed by atoms with E-state index in [1.807, 2.05) is 12.1 Å². The number of ether oxygens (including phenoxy) is 1. The second-order valence-electron chi connectivity index (χ2n) is 6.16. The Kier molecular flexibility index (Phi) is 3.19. The molecule has 0 radical (unpaired) electrons. The van der Waals surface area contributed by atoms with Gasteiger partial charge in [-0.1, -0.05) is 36.8 Å². The van der Waals surface area contributed by atoms with Crippen molar-refractivity contribution >= 4 is 0 Å². The lowest BCUT2D eigenvalue weighted by Crippen LogP contribution is -2.09. The SMILES string of the molecule is OC(c1ccc(C2CCC2)cc1)c1ccc2c(c1)CCO2. The van der Waals surface area contributed by atoms with E-state index in [1.165, 1.54) is 30.4 Å². The Hall–Kier alpha value is -1.80. The molecule has 2 heteroatoms. The van der Waals surface area contributed by atoms with Gasteiger partial charge in [-0.3, -0.25) is 0 Å². The minimum absolute atomic E-state index is 0.550. The normalized spacial score (nSPS) is 18.7. The lowest BCUT2D eigenvalue weighted by molar-refractivity contribution is 0.220. The van der Waals surface area contributed by atoms with Gasteiger partial charge in [-0.05, 0) is 53.1 Å². The van der Waals surface area contributed by atoms with Crippen LogP contribution in [0.1, 0.15) is 53.5 Å². The molecule has 1 atom stereocenters. The fraction of sp³-hybridized carbons (Fsp3) is 0.368. The predicted molar refractivity (Wildman–Crippen MR) is 82.7 cm³/mol. The average Bonchev–Trinajstić information content (AvgIpc) is 2.93. The molecule has 1 saturated carbocycles. The fourth-order valence-corrected chi connectivity index (χ4v) is 3.26. The smallest absolute Gasteiger partial charge is 0.122 e. The molecule has 108 valence electrons. The van der Waals surface area contributed by atoms with Crippen molar-refractivity contribution in [2.75, 3.05) is 6.61 Å². The van der Waals surface area contributed by atoms with Gasteiger partial charge in [0.25, 0.3) is 0 Å². The standard InChI is InChI=1S/C19H20O2/c20-19(17-8-9-18-16(12-17)10-11-21-18)15-6-4-14(5-7-15)13-2-1-3-13/h4-9,12-13,19-20H,1-3,10-11H2. The van der Waals surface area contributed by atoms with Crippen LogP contribution in [0.25, 0.3) is 0 Å². The van der Waals surface area contributed by atoms with Crippen LogP contribution in [0.5, 0.6) is 5.75 Å². The van der Waals surface area contributed by atoms with E-state index in [9.17, 15) is 5.11 Å². The minimum atomic E-state index is -0.550. The zero-order chi connectivity index (χ0) is 14.2. The molecule has 2 aliphatic rings. The maximum Gasteiger partial charge on any atom is 0.122 e. The molecule has 2 aromatic rings. The second kappa shape index (κ2) is 5.19. The van der Waals surface area contributed by atoms with Gasteiger partial charge in [0, 0.05) is 6.42 Å². The molecule has 2 aromatic carbocycles. The second-order valence-corrected chi connectivity index (χ2v) is 6.16. The highest BCUT2D eigenvalue weighted by atomic mass is 16.5. The Morgan fingerprint density at radius 3 is 2.48 bits per heavy atom. The van der Waals surface area contributed by atoms with Crippen molar-refractivity contribution in [2.45, 2.75) is 37.7 Å². The summed E-state index contributed by atoms with van der Waals surface area (Å²) in [4.78, 5) is 0. The molecule has 1 unspecified atom stereocenters. The van der Waals surface area contributed by atoms with Crippen LogP contribution in [-0.4, -0.2) is 11.7 Å². The number of rotatable bonds is 3. The molecular formula is C19H20O2. The van der Waals surface area contributed by atoms with E-state index in [-0.39, 0.29) is 0 Å². The summed E-state index contributed by atoms with van der Waals surface area (Å²) in [6.45, 7) is 0.755. The van der Waals surface area contributed by atoms with Crippen molar-refractivity contribution in [2.24, 2.45) is 0 Å². The van der Waals surface area contributed by atoms with Crippen LogP contribution in [0.15, 0.2) is 42.5 Å². The Morgan fingerprint density at radius 2 is 1.76 bits per heavy atom. The summed E-state index contributed by atoms with van der Waals surface area (Å²) >= 11 is 0. The summed E-state index contributed by atoms with van der Waals surface area (Å²) in [6.07, 6.45) is 4.37. The Morgan fingerprint density at radius 1 is 1.00 bits per heavy atom. The molecular weight excluding hydrogens is 260 g/mol. The first-order valence-corrected chi connectivity index (χ1v) is 7.85. The summed E-state index contributed by atoms with van der Waals surface area (Å²) in [7, 11) is 0. The van der Waals surface area contributed by atoms with Crippen molar-refractivity contribution in [3.63, 3.8) is 0 Å². The van der Waals surface area contributed by atoms with E-state index in [0.29, 0.717) is 0 Å². The largest absolute Gasteiger partial charge is 0.493 e. The summed E-state index contributed by atoms with van der Waals surface area (Å²) in [5.41, 5.74) is 4.55. The van der Waals surface area contributed by atoms with Crippen LogP contribution in [-0.2, 0) is 6.42 Å². The van der Waals surface area contributed by atoms with Crippen LogP contribution in [0.2, 0.25) is 0 Å². The van der Waals surface area contributed by atoms with Gasteiger partial charge in [0.1, 0.15) is 11.9 Å². The van der Waals surface area contributed by atoms with Gasteiger partial charge >= 0.3 is 0 Å². The maximum absolute atomic E-state index is 10.6. The summed E-state index contributed by atoms with van der Waals surface area (Å²) < 4.78 is 5.52. The molecule has 2 nitrogen and oxygen atoms in total. The first kappa shape index (κ1) is 12.9. The third-order valence-corrected chi connectivity index (χ3v) is 4.86. The molecule has 0 spiro atoms. The summed E-state index contributed by atoms with van der Waals surface area (Å²) in [5.74, 6) is 1.71. The highest BCUT2D eigenvalue weighted by Crippen LogP contribution is 2.37. The number of aliphatic hydroxyl groups excluding tert-OH is 1. The quantitative estimate of drug-likeness (QED) is 0.921. The lowest BCUT2D eigenvalue weighted by Gasteiger charge is -2.26. The molecule has 4 rings (SSSR count). The van der Waals surface area contributed by atoms with Gasteiger partial charge in [-0.25, -0.2) is 0 Å². The van der Waals surface area contributed by atoms with E-state index in [2.05, 4.69) is 30.3 Å².